The fraction of sp³-hybridized carbons (Fsp3) is 0.538. The zero-order chi connectivity index (χ0) is 12.7. The summed E-state index contributed by atoms with van der Waals surface area (Å²) in [7, 11) is 4.94. The Labute approximate surface area is 103 Å². The highest BCUT2D eigenvalue weighted by Gasteiger charge is 2.12. The molecule has 96 valence electrons. The van der Waals surface area contributed by atoms with Gasteiger partial charge in [-0.15, -0.1) is 0 Å². The molecule has 0 unspecified atom stereocenters. The van der Waals surface area contributed by atoms with Crippen LogP contribution in [0.25, 0.3) is 0 Å². The number of hydrogen-bond donors (Lipinski definition) is 1. The van der Waals surface area contributed by atoms with E-state index in [-0.39, 0.29) is 12.3 Å². The largest absolute Gasteiger partial charge is 0.496 e. The second-order valence-corrected chi connectivity index (χ2v) is 3.77. The van der Waals surface area contributed by atoms with E-state index >= 15 is 0 Å². The van der Waals surface area contributed by atoms with Gasteiger partial charge in [-0.2, -0.15) is 0 Å². The van der Waals surface area contributed by atoms with E-state index in [2.05, 4.69) is 12.2 Å². The van der Waals surface area contributed by atoms with E-state index in [0.717, 1.165) is 11.3 Å². The summed E-state index contributed by atoms with van der Waals surface area (Å²) < 4.78 is 15.6. The standard InChI is InChI=1S/C13H21NO3/c1-10(14-9-13(16-3)17-4)11-7-5-6-8-12(11)15-2/h5-8,10,13-14H,9H2,1-4H3/t10-/m1/s1. The van der Waals surface area contributed by atoms with Crippen molar-refractivity contribution in [2.75, 3.05) is 27.9 Å². The number of nitrogens with one attached hydrogen (secondary N) is 1. The molecule has 0 saturated heterocycles. The van der Waals surface area contributed by atoms with Crippen molar-refractivity contribution in [3.63, 3.8) is 0 Å². The molecule has 1 N–H and O–H groups in total. The van der Waals surface area contributed by atoms with Gasteiger partial charge in [-0.25, -0.2) is 0 Å². The molecule has 1 aromatic rings. The Hall–Kier alpha value is -1.10. The summed E-state index contributed by atoms with van der Waals surface area (Å²) in [5, 5.41) is 3.35. The topological polar surface area (TPSA) is 39.7 Å². The summed E-state index contributed by atoms with van der Waals surface area (Å²) in [5.74, 6) is 0.888. The van der Waals surface area contributed by atoms with E-state index in [1.807, 2.05) is 24.3 Å². The predicted molar refractivity (Wildman–Crippen MR) is 67.2 cm³/mol. The first kappa shape index (κ1) is 14.0. The molecule has 0 saturated carbocycles. The molecule has 0 bridgehead atoms. The van der Waals surface area contributed by atoms with Gasteiger partial charge in [0.05, 0.1) is 7.11 Å². The predicted octanol–water partition coefficient (Wildman–Crippen LogP) is 1.96. The normalized spacial score (nSPS) is 12.8. The highest BCUT2D eigenvalue weighted by Crippen LogP contribution is 2.24. The van der Waals surface area contributed by atoms with Crippen LogP contribution in [0.1, 0.15) is 18.5 Å². The lowest BCUT2D eigenvalue weighted by molar-refractivity contribution is -0.0997. The first-order chi connectivity index (χ1) is 8.22. The van der Waals surface area contributed by atoms with Gasteiger partial charge < -0.3 is 19.5 Å². The zero-order valence-corrected chi connectivity index (χ0v) is 10.9. The number of hydrogen-bond acceptors (Lipinski definition) is 4. The molecule has 0 amide bonds. The van der Waals surface area contributed by atoms with Crippen LogP contribution in [-0.4, -0.2) is 34.2 Å². The van der Waals surface area contributed by atoms with Crippen molar-refractivity contribution in [3.8, 4) is 5.75 Å². The van der Waals surface area contributed by atoms with Crippen LogP contribution < -0.4 is 10.1 Å². The average Bonchev–Trinajstić information content (AvgIpc) is 2.39. The molecule has 0 spiro atoms. The van der Waals surface area contributed by atoms with Crippen molar-refractivity contribution in [1.82, 2.24) is 5.32 Å². The van der Waals surface area contributed by atoms with Crippen molar-refractivity contribution in [2.24, 2.45) is 0 Å². The Balaban J connectivity index is 2.60. The van der Waals surface area contributed by atoms with Crippen LogP contribution in [-0.2, 0) is 9.47 Å². The van der Waals surface area contributed by atoms with Crippen molar-refractivity contribution >= 4 is 0 Å². The molecular formula is C13H21NO3. The van der Waals surface area contributed by atoms with E-state index in [9.17, 15) is 0 Å². The summed E-state index contributed by atoms with van der Waals surface area (Å²) in [5.41, 5.74) is 1.13. The quantitative estimate of drug-likeness (QED) is 0.738. The van der Waals surface area contributed by atoms with E-state index < -0.39 is 0 Å². The van der Waals surface area contributed by atoms with Crippen LogP contribution in [0.3, 0.4) is 0 Å². The Morgan fingerprint density at radius 2 is 1.76 bits per heavy atom. The van der Waals surface area contributed by atoms with E-state index in [0.29, 0.717) is 6.54 Å². The summed E-state index contributed by atoms with van der Waals surface area (Å²) in [6, 6.07) is 8.14. The van der Waals surface area contributed by atoms with Gasteiger partial charge in [-0.1, -0.05) is 18.2 Å². The molecule has 0 radical (unpaired) electrons. The third-order valence-electron chi connectivity index (χ3n) is 2.72. The maximum atomic E-state index is 5.32. The molecule has 0 fully saturated rings. The number of para-hydroxylation sites is 1. The molecule has 1 atom stereocenters. The molecular weight excluding hydrogens is 218 g/mol. The first-order valence-electron chi connectivity index (χ1n) is 5.64. The zero-order valence-electron chi connectivity index (χ0n) is 10.9. The number of rotatable bonds is 7. The van der Waals surface area contributed by atoms with Gasteiger partial charge >= 0.3 is 0 Å². The molecule has 4 nitrogen and oxygen atoms in total. The monoisotopic (exact) mass is 239 g/mol. The second kappa shape index (κ2) is 7.27. The minimum absolute atomic E-state index is 0.180. The highest BCUT2D eigenvalue weighted by atomic mass is 16.7. The SMILES string of the molecule is COc1ccccc1[C@@H](C)NCC(OC)OC. The molecule has 0 aliphatic carbocycles. The molecule has 1 aromatic carbocycles. The van der Waals surface area contributed by atoms with Crippen LogP contribution in [0.2, 0.25) is 0 Å². The fourth-order valence-electron chi connectivity index (χ4n) is 1.67. The first-order valence-corrected chi connectivity index (χ1v) is 5.64. The fourth-order valence-corrected chi connectivity index (χ4v) is 1.67. The summed E-state index contributed by atoms with van der Waals surface area (Å²) in [4.78, 5) is 0. The van der Waals surface area contributed by atoms with Crippen LogP contribution in [0, 0.1) is 0 Å². The highest BCUT2D eigenvalue weighted by molar-refractivity contribution is 5.35. The number of ether oxygens (including phenoxy) is 3. The Kier molecular flexibility index (Phi) is 5.97. The van der Waals surface area contributed by atoms with E-state index in [1.165, 1.54) is 0 Å². The van der Waals surface area contributed by atoms with Crippen molar-refractivity contribution < 1.29 is 14.2 Å². The minimum Gasteiger partial charge on any atom is -0.496 e. The van der Waals surface area contributed by atoms with Gasteiger partial charge in [0, 0.05) is 32.4 Å². The smallest absolute Gasteiger partial charge is 0.169 e. The summed E-state index contributed by atoms with van der Waals surface area (Å²) >= 11 is 0. The summed E-state index contributed by atoms with van der Waals surface area (Å²) in [6.45, 7) is 2.71. The molecule has 0 heterocycles. The van der Waals surface area contributed by atoms with Crippen LogP contribution in [0.15, 0.2) is 24.3 Å². The maximum Gasteiger partial charge on any atom is 0.169 e. The Bertz CT molecular complexity index is 326. The average molecular weight is 239 g/mol. The maximum absolute atomic E-state index is 5.32. The van der Waals surface area contributed by atoms with Gasteiger partial charge in [0.15, 0.2) is 6.29 Å². The van der Waals surface area contributed by atoms with Gasteiger partial charge in [-0.3, -0.25) is 0 Å². The van der Waals surface area contributed by atoms with Gasteiger partial charge in [0.1, 0.15) is 5.75 Å². The van der Waals surface area contributed by atoms with Crippen molar-refractivity contribution in [3.05, 3.63) is 29.8 Å². The number of methoxy groups -OCH3 is 3. The molecule has 0 aliphatic heterocycles. The third-order valence-corrected chi connectivity index (χ3v) is 2.72. The van der Waals surface area contributed by atoms with Crippen molar-refractivity contribution in [1.29, 1.82) is 0 Å². The molecule has 0 aromatic heterocycles. The van der Waals surface area contributed by atoms with Crippen LogP contribution in [0.5, 0.6) is 5.75 Å². The van der Waals surface area contributed by atoms with E-state index in [4.69, 9.17) is 14.2 Å². The molecule has 17 heavy (non-hydrogen) atoms. The van der Waals surface area contributed by atoms with Crippen LogP contribution >= 0.6 is 0 Å². The lowest BCUT2D eigenvalue weighted by Gasteiger charge is -2.20. The van der Waals surface area contributed by atoms with Crippen molar-refractivity contribution in [2.45, 2.75) is 19.3 Å². The van der Waals surface area contributed by atoms with Crippen LogP contribution in [0.4, 0.5) is 0 Å². The number of benzene rings is 1. The molecule has 0 aliphatic rings. The van der Waals surface area contributed by atoms with Gasteiger partial charge in [0.25, 0.3) is 0 Å². The lowest BCUT2D eigenvalue weighted by atomic mass is 10.1. The van der Waals surface area contributed by atoms with E-state index in [1.54, 1.807) is 21.3 Å². The lowest BCUT2D eigenvalue weighted by Crippen LogP contribution is -2.31. The Morgan fingerprint density at radius 3 is 2.35 bits per heavy atom. The molecule has 1 rings (SSSR count). The third kappa shape index (κ3) is 4.00. The Morgan fingerprint density at radius 1 is 1.12 bits per heavy atom. The second-order valence-electron chi connectivity index (χ2n) is 3.77. The minimum atomic E-state index is -0.229. The molecule has 4 heteroatoms. The van der Waals surface area contributed by atoms with Gasteiger partial charge in [0.2, 0.25) is 0 Å². The van der Waals surface area contributed by atoms with Gasteiger partial charge in [-0.05, 0) is 13.0 Å². The summed E-state index contributed by atoms with van der Waals surface area (Å²) in [6.07, 6.45) is -0.229.